The van der Waals surface area contributed by atoms with Gasteiger partial charge in [-0.15, -0.1) is 0 Å². The zero-order valence-electron chi connectivity index (χ0n) is 10.6. The van der Waals surface area contributed by atoms with Gasteiger partial charge in [-0.1, -0.05) is 23.7 Å². The monoisotopic (exact) mass is 290 g/mol. The highest BCUT2D eigenvalue weighted by Crippen LogP contribution is 1.91. The van der Waals surface area contributed by atoms with Crippen molar-refractivity contribution in [3.8, 4) is 23.7 Å². The van der Waals surface area contributed by atoms with Crippen LogP contribution in [0.15, 0.2) is 0 Å². The third-order valence-corrected chi connectivity index (χ3v) is 3.41. The summed E-state index contributed by atoms with van der Waals surface area (Å²) in [6.45, 7) is -0.150. The molecule has 0 aliphatic rings. The minimum atomic E-state index is -3.21. The van der Waals surface area contributed by atoms with E-state index < -0.39 is 9.84 Å². The molecule has 0 saturated carbocycles. The molecule has 0 aliphatic carbocycles. The molecule has 108 valence electrons. The Bertz CT molecular complexity index is 398. The van der Waals surface area contributed by atoms with Crippen molar-refractivity contribution in [2.24, 2.45) is 0 Å². The van der Waals surface area contributed by atoms with E-state index in [1.54, 1.807) is 0 Å². The van der Waals surface area contributed by atoms with E-state index in [0.717, 1.165) is 0 Å². The van der Waals surface area contributed by atoms with Crippen molar-refractivity contribution in [3.05, 3.63) is 0 Å². The van der Waals surface area contributed by atoms with E-state index in [-0.39, 0.29) is 51.1 Å². The Hall–Kier alpha value is -1.09. The lowest BCUT2D eigenvalue weighted by Gasteiger charge is -2.04. The summed E-state index contributed by atoms with van der Waals surface area (Å²) in [5.74, 6) is 9.61. The second-order valence-electron chi connectivity index (χ2n) is 3.28. The highest BCUT2D eigenvalue weighted by Gasteiger charge is 2.09. The topological polar surface area (TPSA) is 93.1 Å². The molecule has 0 aromatic carbocycles. The van der Waals surface area contributed by atoms with Gasteiger partial charge in [-0.05, 0) is 0 Å². The minimum Gasteiger partial charge on any atom is -0.384 e. The van der Waals surface area contributed by atoms with Gasteiger partial charge in [0.2, 0.25) is 0 Å². The highest BCUT2D eigenvalue weighted by atomic mass is 32.2. The zero-order chi connectivity index (χ0) is 14.4. The van der Waals surface area contributed by atoms with Crippen molar-refractivity contribution in [1.29, 1.82) is 0 Å². The minimum absolute atomic E-state index is 0.0623. The van der Waals surface area contributed by atoms with E-state index in [0.29, 0.717) is 0 Å². The Morgan fingerprint density at radius 3 is 1.58 bits per heavy atom. The van der Waals surface area contributed by atoms with Crippen LogP contribution in [0.5, 0.6) is 0 Å². The lowest BCUT2D eigenvalue weighted by Crippen LogP contribution is -2.19. The van der Waals surface area contributed by atoms with Crippen LogP contribution < -0.4 is 0 Å². The summed E-state index contributed by atoms with van der Waals surface area (Å²) in [7, 11) is -3.21. The number of aliphatic hydroxyl groups excluding tert-OH is 2. The number of hydrogen-bond acceptors (Lipinski definition) is 6. The first-order chi connectivity index (χ1) is 9.12. The molecular weight excluding hydrogens is 272 g/mol. The van der Waals surface area contributed by atoms with Gasteiger partial charge in [0.25, 0.3) is 0 Å². The van der Waals surface area contributed by atoms with E-state index in [9.17, 15) is 8.42 Å². The van der Waals surface area contributed by atoms with E-state index in [4.69, 9.17) is 19.7 Å². The Kier molecular flexibility index (Phi) is 11.3. The summed E-state index contributed by atoms with van der Waals surface area (Å²) in [4.78, 5) is 0. The molecule has 0 amide bonds. The van der Waals surface area contributed by atoms with Gasteiger partial charge in [0.15, 0.2) is 9.84 Å². The predicted octanol–water partition coefficient (Wildman–Crippen LogP) is -1.57. The Morgan fingerprint density at radius 2 is 1.21 bits per heavy atom. The summed E-state index contributed by atoms with van der Waals surface area (Å²) >= 11 is 0. The SMILES string of the molecule is O=S(=O)(CCOCC#CCO)CCOCC#CCO. The third-order valence-electron chi connectivity index (χ3n) is 1.83. The van der Waals surface area contributed by atoms with Gasteiger partial charge in [0.05, 0.1) is 24.7 Å². The van der Waals surface area contributed by atoms with Gasteiger partial charge in [0.1, 0.15) is 26.4 Å². The molecule has 0 rings (SSSR count). The summed E-state index contributed by atoms with van der Waals surface area (Å²) in [5, 5.41) is 16.7. The quantitative estimate of drug-likeness (QED) is 0.414. The van der Waals surface area contributed by atoms with Gasteiger partial charge in [-0.2, -0.15) is 0 Å². The Morgan fingerprint density at radius 1 is 0.789 bits per heavy atom. The van der Waals surface area contributed by atoms with Crippen LogP contribution in [-0.4, -0.2) is 69.8 Å². The largest absolute Gasteiger partial charge is 0.384 e. The maximum Gasteiger partial charge on any atom is 0.154 e. The van der Waals surface area contributed by atoms with Crippen molar-refractivity contribution < 1.29 is 28.1 Å². The van der Waals surface area contributed by atoms with Crippen molar-refractivity contribution in [2.45, 2.75) is 0 Å². The lowest BCUT2D eigenvalue weighted by atomic mass is 10.6. The fourth-order valence-corrected chi connectivity index (χ4v) is 1.88. The van der Waals surface area contributed by atoms with Crippen molar-refractivity contribution in [3.63, 3.8) is 0 Å². The Balaban J connectivity index is 3.63. The summed E-state index contributed by atoms with van der Waals surface area (Å²) in [5.41, 5.74) is 0. The van der Waals surface area contributed by atoms with Gasteiger partial charge >= 0.3 is 0 Å². The first-order valence-electron chi connectivity index (χ1n) is 5.61. The van der Waals surface area contributed by atoms with E-state index >= 15 is 0 Å². The van der Waals surface area contributed by atoms with Gasteiger partial charge in [-0.3, -0.25) is 0 Å². The average Bonchev–Trinajstić information content (AvgIpc) is 2.38. The highest BCUT2D eigenvalue weighted by molar-refractivity contribution is 7.91. The van der Waals surface area contributed by atoms with Crippen molar-refractivity contribution >= 4 is 9.84 Å². The summed E-state index contributed by atoms with van der Waals surface area (Å²) in [6.07, 6.45) is 0. The molecule has 2 N–H and O–H groups in total. The van der Waals surface area contributed by atoms with Crippen LogP contribution in [0, 0.1) is 23.7 Å². The number of ether oxygens (including phenoxy) is 2. The number of aliphatic hydroxyl groups is 2. The smallest absolute Gasteiger partial charge is 0.154 e. The van der Waals surface area contributed by atoms with Crippen LogP contribution in [0.2, 0.25) is 0 Å². The standard InChI is InChI=1S/C12H18O6S/c13-5-1-3-7-17-9-11-19(15,16)12-10-18-8-4-2-6-14/h13-14H,5-12H2. The summed E-state index contributed by atoms with van der Waals surface area (Å²) < 4.78 is 32.9. The molecule has 0 aliphatic heterocycles. The molecule has 0 spiro atoms. The number of sulfone groups is 1. The molecule has 7 heteroatoms. The molecule has 0 fully saturated rings. The van der Waals surface area contributed by atoms with Crippen molar-refractivity contribution in [2.75, 3.05) is 51.1 Å². The first-order valence-corrected chi connectivity index (χ1v) is 7.43. The molecule has 19 heavy (non-hydrogen) atoms. The molecule has 0 aromatic rings. The van der Waals surface area contributed by atoms with Crippen LogP contribution in [0.4, 0.5) is 0 Å². The number of hydrogen-bond donors (Lipinski definition) is 2. The maximum absolute atomic E-state index is 11.5. The second kappa shape index (κ2) is 12.0. The third kappa shape index (κ3) is 13.1. The lowest BCUT2D eigenvalue weighted by molar-refractivity contribution is 0.179. The van der Waals surface area contributed by atoms with Crippen LogP contribution in [0.3, 0.4) is 0 Å². The van der Waals surface area contributed by atoms with Gasteiger partial charge in [-0.25, -0.2) is 8.42 Å². The first kappa shape index (κ1) is 17.9. The molecule has 0 saturated heterocycles. The van der Waals surface area contributed by atoms with Gasteiger partial charge < -0.3 is 19.7 Å². The van der Waals surface area contributed by atoms with Gasteiger partial charge in [0, 0.05) is 0 Å². The van der Waals surface area contributed by atoms with Crippen molar-refractivity contribution in [1.82, 2.24) is 0 Å². The molecule has 0 heterocycles. The predicted molar refractivity (Wildman–Crippen MR) is 70.0 cm³/mol. The Labute approximate surface area is 113 Å². The molecule has 0 aromatic heterocycles. The summed E-state index contributed by atoms with van der Waals surface area (Å²) in [6, 6.07) is 0. The fraction of sp³-hybridized carbons (Fsp3) is 0.667. The zero-order valence-corrected chi connectivity index (χ0v) is 11.4. The van der Waals surface area contributed by atoms with Crippen LogP contribution in [0.25, 0.3) is 0 Å². The number of rotatable bonds is 8. The molecule has 0 unspecified atom stereocenters. The fourth-order valence-electron chi connectivity index (χ4n) is 0.934. The molecule has 6 nitrogen and oxygen atoms in total. The normalized spacial score (nSPS) is 10.2. The van der Waals surface area contributed by atoms with Crippen LogP contribution in [0.1, 0.15) is 0 Å². The van der Waals surface area contributed by atoms with E-state index in [2.05, 4.69) is 23.7 Å². The second-order valence-corrected chi connectivity index (χ2v) is 5.58. The maximum atomic E-state index is 11.5. The van der Waals surface area contributed by atoms with Crippen LogP contribution >= 0.6 is 0 Å². The van der Waals surface area contributed by atoms with E-state index in [1.807, 2.05) is 0 Å². The molecule has 0 bridgehead atoms. The van der Waals surface area contributed by atoms with E-state index in [1.165, 1.54) is 0 Å². The molecule has 0 atom stereocenters. The average molecular weight is 290 g/mol. The molecular formula is C12H18O6S. The molecule has 0 radical (unpaired) electrons. The van der Waals surface area contributed by atoms with Crippen LogP contribution in [-0.2, 0) is 19.3 Å².